The van der Waals surface area contributed by atoms with Gasteiger partial charge < -0.3 is 14.2 Å². The van der Waals surface area contributed by atoms with Crippen LogP contribution in [0.4, 0.5) is 5.69 Å². The first-order valence-electron chi connectivity index (χ1n) is 10.8. The van der Waals surface area contributed by atoms with E-state index in [0.717, 1.165) is 33.3 Å². The Bertz CT molecular complexity index is 1270. The molecule has 1 aliphatic heterocycles. The highest BCUT2D eigenvalue weighted by atomic mass is 32.2. The average Bonchev–Trinajstić information content (AvgIpc) is 3.25. The smallest absolute Gasteiger partial charge is 0.290 e. The molecule has 0 aliphatic carbocycles. The molecule has 1 aliphatic rings. The van der Waals surface area contributed by atoms with Gasteiger partial charge in [0, 0.05) is 43.3 Å². The molecule has 0 bridgehead atoms. The molecule has 2 aromatic carbocycles. The zero-order valence-electron chi connectivity index (χ0n) is 19.3. The van der Waals surface area contributed by atoms with Crippen molar-refractivity contribution in [1.82, 2.24) is 4.90 Å². The summed E-state index contributed by atoms with van der Waals surface area (Å²) in [4.78, 5) is 17.4. The third kappa shape index (κ3) is 4.26. The highest BCUT2D eigenvalue weighted by Gasteiger charge is 2.36. The van der Waals surface area contributed by atoms with E-state index in [-0.39, 0.29) is 23.5 Å². The largest absolute Gasteiger partial charge is 0.450 e. The van der Waals surface area contributed by atoms with E-state index in [1.807, 2.05) is 76.2 Å². The third-order valence-corrected chi connectivity index (χ3v) is 8.03. The summed E-state index contributed by atoms with van der Waals surface area (Å²) in [5, 5.41) is 0.931. The van der Waals surface area contributed by atoms with Crippen molar-refractivity contribution in [3.8, 4) is 0 Å². The number of hydrogen-bond acceptors (Lipinski definition) is 5. The molecular formula is C25H30N2O4S. The Balaban J connectivity index is 1.73. The summed E-state index contributed by atoms with van der Waals surface area (Å²) < 4.78 is 30.5. The zero-order chi connectivity index (χ0) is 23.2. The Hall–Kier alpha value is -2.80. The number of nitrogens with zero attached hydrogens (tertiary/aromatic N) is 2. The Kier molecular flexibility index (Phi) is 5.79. The normalized spacial score (nSPS) is 17.6. The number of anilines is 1. The Labute approximate surface area is 189 Å². The van der Waals surface area contributed by atoms with Gasteiger partial charge in [-0.2, -0.15) is 0 Å². The Morgan fingerprint density at radius 1 is 1.09 bits per heavy atom. The standard InChI is InChI=1S/C25H30N2O4S/c1-16-12-17(2)23-22(13-16)18(3)24(31-23)25(28)27(21-10-11-32(29,30)15-21)14-19-6-8-20(9-7-19)26(4)5/h6-9,12-13,21H,10-11,14-15H2,1-5H3. The predicted octanol–water partition coefficient (Wildman–Crippen LogP) is 4.25. The highest BCUT2D eigenvalue weighted by Crippen LogP contribution is 2.32. The van der Waals surface area contributed by atoms with Gasteiger partial charge in [-0.25, -0.2) is 8.42 Å². The topological polar surface area (TPSA) is 70.8 Å². The van der Waals surface area contributed by atoms with Gasteiger partial charge in [-0.1, -0.05) is 18.2 Å². The van der Waals surface area contributed by atoms with E-state index in [4.69, 9.17) is 4.42 Å². The number of hydrogen-bond donors (Lipinski definition) is 0. The van der Waals surface area contributed by atoms with Crippen molar-refractivity contribution in [2.45, 2.75) is 39.8 Å². The molecular weight excluding hydrogens is 424 g/mol. The molecule has 6 nitrogen and oxygen atoms in total. The lowest BCUT2D eigenvalue weighted by atomic mass is 10.0. The van der Waals surface area contributed by atoms with Gasteiger partial charge in [0.15, 0.2) is 15.6 Å². The molecule has 32 heavy (non-hydrogen) atoms. The lowest BCUT2D eigenvalue weighted by Gasteiger charge is -2.28. The molecule has 170 valence electrons. The lowest BCUT2D eigenvalue weighted by molar-refractivity contribution is 0.0649. The van der Waals surface area contributed by atoms with Gasteiger partial charge in [-0.3, -0.25) is 4.79 Å². The molecule has 0 N–H and O–H groups in total. The summed E-state index contributed by atoms with van der Waals surface area (Å²) >= 11 is 0. The second kappa shape index (κ2) is 8.28. The molecule has 1 unspecified atom stereocenters. The minimum Gasteiger partial charge on any atom is -0.450 e. The van der Waals surface area contributed by atoms with E-state index in [0.29, 0.717) is 24.3 Å². The first-order valence-corrected chi connectivity index (χ1v) is 12.7. The number of fused-ring (bicyclic) bond motifs is 1. The predicted molar refractivity (Wildman–Crippen MR) is 128 cm³/mol. The summed E-state index contributed by atoms with van der Waals surface area (Å²) in [5.41, 5.74) is 5.62. The van der Waals surface area contributed by atoms with Gasteiger partial charge in [0.1, 0.15) is 5.58 Å². The second-order valence-corrected chi connectivity index (χ2v) is 11.3. The molecule has 1 amide bonds. The maximum Gasteiger partial charge on any atom is 0.290 e. The van der Waals surface area contributed by atoms with E-state index in [1.165, 1.54) is 0 Å². The van der Waals surface area contributed by atoms with E-state index in [9.17, 15) is 13.2 Å². The maximum absolute atomic E-state index is 13.7. The minimum absolute atomic E-state index is 0.00800. The van der Waals surface area contributed by atoms with Crippen molar-refractivity contribution < 1.29 is 17.6 Å². The molecule has 1 fully saturated rings. The molecule has 7 heteroatoms. The van der Waals surface area contributed by atoms with Crippen LogP contribution in [0, 0.1) is 20.8 Å². The fourth-order valence-corrected chi connectivity index (χ4v) is 6.22. The van der Waals surface area contributed by atoms with Gasteiger partial charge in [0.05, 0.1) is 11.5 Å². The second-order valence-electron chi connectivity index (χ2n) is 9.07. The Morgan fingerprint density at radius 3 is 2.38 bits per heavy atom. The van der Waals surface area contributed by atoms with Crippen molar-refractivity contribution in [2.24, 2.45) is 0 Å². The van der Waals surface area contributed by atoms with Crippen LogP contribution in [0.1, 0.15) is 39.2 Å². The number of carbonyl (C=O) groups excluding carboxylic acids is 1. The zero-order valence-corrected chi connectivity index (χ0v) is 20.1. The van der Waals surface area contributed by atoms with Crippen LogP contribution in [0.2, 0.25) is 0 Å². The first kappa shape index (κ1) is 22.4. The van der Waals surface area contributed by atoms with Crippen molar-refractivity contribution in [3.05, 3.63) is 64.4 Å². The van der Waals surface area contributed by atoms with Crippen LogP contribution in [0.25, 0.3) is 11.0 Å². The van der Waals surface area contributed by atoms with Gasteiger partial charge in [0.25, 0.3) is 5.91 Å². The van der Waals surface area contributed by atoms with Gasteiger partial charge in [0.2, 0.25) is 0 Å². The van der Waals surface area contributed by atoms with Crippen molar-refractivity contribution >= 4 is 32.4 Å². The SMILES string of the molecule is Cc1cc(C)c2oc(C(=O)N(Cc3ccc(N(C)C)cc3)C3CCS(=O)(=O)C3)c(C)c2c1. The summed E-state index contributed by atoms with van der Waals surface area (Å²) in [5.74, 6) is 0.141. The van der Waals surface area contributed by atoms with Crippen LogP contribution in [0.5, 0.6) is 0 Å². The molecule has 0 radical (unpaired) electrons. The first-order chi connectivity index (χ1) is 15.1. The Morgan fingerprint density at radius 2 is 1.78 bits per heavy atom. The molecule has 0 saturated carbocycles. The third-order valence-electron chi connectivity index (χ3n) is 6.28. The number of carbonyl (C=O) groups is 1. The van der Waals surface area contributed by atoms with Gasteiger partial charge in [-0.05, 0) is 62.1 Å². The maximum atomic E-state index is 13.7. The molecule has 4 rings (SSSR count). The minimum atomic E-state index is -3.14. The van der Waals surface area contributed by atoms with Crippen LogP contribution in [-0.4, -0.2) is 50.9 Å². The molecule has 3 aromatic rings. The number of furan rings is 1. The van der Waals surface area contributed by atoms with E-state index in [2.05, 4.69) is 0 Å². The molecule has 1 saturated heterocycles. The number of amides is 1. The van der Waals surface area contributed by atoms with Gasteiger partial charge in [-0.15, -0.1) is 0 Å². The summed E-state index contributed by atoms with van der Waals surface area (Å²) in [7, 11) is 0.804. The highest BCUT2D eigenvalue weighted by molar-refractivity contribution is 7.91. The van der Waals surface area contributed by atoms with Crippen LogP contribution < -0.4 is 4.90 Å². The van der Waals surface area contributed by atoms with E-state index >= 15 is 0 Å². The molecule has 1 aromatic heterocycles. The quantitative estimate of drug-likeness (QED) is 0.576. The van der Waals surface area contributed by atoms with Crippen molar-refractivity contribution in [2.75, 3.05) is 30.5 Å². The van der Waals surface area contributed by atoms with E-state index in [1.54, 1.807) is 4.90 Å². The van der Waals surface area contributed by atoms with E-state index < -0.39 is 9.84 Å². The number of aryl methyl sites for hydroxylation is 3. The van der Waals surface area contributed by atoms with Crippen LogP contribution >= 0.6 is 0 Å². The number of benzene rings is 2. The van der Waals surface area contributed by atoms with Crippen molar-refractivity contribution in [1.29, 1.82) is 0 Å². The summed E-state index contributed by atoms with van der Waals surface area (Å²) in [6, 6.07) is 11.7. The average molecular weight is 455 g/mol. The lowest BCUT2D eigenvalue weighted by Crippen LogP contribution is -2.40. The summed E-state index contributed by atoms with van der Waals surface area (Å²) in [6.07, 6.45) is 0.446. The van der Waals surface area contributed by atoms with Crippen LogP contribution in [0.15, 0.2) is 40.8 Å². The van der Waals surface area contributed by atoms with Crippen LogP contribution in [-0.2, 0) is 16.4 Å². The molecule has 2 heterocycles. The number of sulfone groups is 1. The molecule has 0 spiro atoms. The molecule has 1 atom stereocenters. The van der Waals surface area contributed by atoms with Gasteiger partial charge >= 0.3 is 0 Å². The summed E-state index contributed by atoms with van der Waals surface area (Å²) in [6.45, 7) is 6.22. The monoisotopic (exact) mass is 454 g/mol. The number of rotatable bonds is 5. The van der Waals surface area contributed by atoms with Crippen molar-refractivity contribution in [3.63, 3.8) is 0 Å². The fourth-order valence-electron chi connectivity index (χ4n) is 4.49. The van der Waals surface area contributed by atoms with Crippen LogP contribution in [0.3, 0.4) is 0 Å². The fraction of sp³-hybridized carbons (Fsp3) is 0.400.